The molecule has 0 aliphatic heterocycles. The van der Waals surface area contributed by atoms with Gasteiger partial charge in [0.1, 0.15) is 11.9 Å². The Hall–Kier alpha value is -2.73. The first kappa shape index (κ1) is 14.7. The molecule has 0 saturated carbocycles. The molecule has 5 nitrogen and oxygen atoms in total. The van der Waals surface area contributed by atoms with Crippen molar-refractivity contribution in [3.63, 3.8) is 0 Å². The highest BCUT2D eigenvalue weighted by atomic mass is 19.1. The number of aromatic carboxylic acids is 1. The number of amides is 1. The van der Waals surface area contributed by atoms with E-state index in [9.17, 15) is 14.0 Å². The SMILES string of the molecule is NC(C(=O)Nc1ccc(C(=O)O)cc1F)c1ccccc1. The van der Waals surface area contributed by atoms with Crippen molar-refractivity contribution in [1.29, 1.82) is 0 Å². The first-order valence-electron chi connectivity index (χ1n) is 6.13. The Balaban J connectivity index is 2.15. The fourth-order valence-electron chi connectivity index (χ4n) is 1.77. The summed E-state index contributed by atoms with van der Waals surface area (Å²) in [7, 11) is 0. The molecule has 6 heteroatoms. The number of benzene rings is 2. The number of carbonyl (C=O) groups is 2. The van der Waals surface area contributed by atoms with Gasteiger partial charge in [0.05, 0.1) is 11.3 Å². The summed E-state index contributed by atoms with van der Waals surface area (Å²) in [5.74, 6) is -2.65. The molecule has 2 aromatic carbocycles. The number of rotatable bonds is 4. The van der Waals surface area contributed by atoms with Gasteiger partial charge < -0.3 is 16.2 Å². The van der Waals surface area contributed by atoms with Crippen LogP contribution in [0.25, 0.3) is 0 Å². The van der Waals surface area contributed by atoms with Crippen LogP contribution >= 0.6 is 0 Å². The van der Waals surface area contributed by atoms with Gasteiger partial charge in [0.2, 0.25) is 5.91 Å². The largest absolute Gasteiger partial charge is 0.478 e. The second kappa shape index (κ2) is 6.15. The van der Waals surface area contributed by atoms with Crippen molar-refractivity contribution in [1.82, 2.24) is 0 Å². The van der Waals surface area contributed by atoms with E-state index < -0.39 is 23.7 Å². The summed E-state index contributed by atoms with van der Waals surface area (Å²) >= 11 is 0. The summed E-state index contributed by atoms with van der Waals surface area (Å²) in [6.07, 6.45) is 0. The maximum atomic E-state index is 13.7. The van der Waals surface area contributed by atoms with Crippen molar-refractivity contribution < 1.29 is 19.1 Å². The van der Waals surface area contributed by atoms with Gasteiger partial charge >= 0.3 is 5.97 Å². The van der Waals surface area contributed by atoms with Crippen LogP contribution in [0.15, 0.2) is 48.5 Å². The van der Waals surface area contributed by atoms with Crippen molar-refractivity contribution in [2.45, 2.75) is 6.04 Å². The Morgan fingerprint density at radius 1 is 1.14 bits per heavy atom. The molecular formula is C15H13FN2O3. The van der Waals surface area contributed by atoms with Crippen LogP contribution in [0, 0.1) is 5.82 Å². The predicted octanol–water partition coefficient (Wildman–Crippen LogP) is 2.16. The minimum atomic E-state index is -1.24. The van der Waals surface area contributed by atoms with Gasteiger partial charge in [-0.05, 0) is 23.8 Å². The summed E-state index contributed by atoms with van der Waals surface area (Å²) in [4.78, 5) is 22.7. The number of carboxylic acid groups (broad SMARTS) is 1. The van der Waals surface area contributed by atoms with Gasteiger partial charge in [-0.3, -0.25) is 4.79 Å². The number of nitrogens with one attached hydrogen (secondary N) is 1. The smallest absolute Gasteiger partial charge is 0.335 e. The van der Waals surface area contributed by atoms with Crippen LogP contribution in [0.5, 0.6) is 0 Å². The van der Waals surface area contributed by atoms with E-state index in [0.29, 0.717) is 5.56 Å². The van der Waals surface area contributed by atoms with Crippen molar-refractivity contribution >= 4 is 17.6 Å². The van der Waals surface area contributed by atoms with E-state index in [0.717, 1.165) is 6.07 Å². The number of nitrogens with two attached hydrogens (primary N) is 1. The van der Waals surface area contributed by atoms with E-state index in [4.69, 9.17) is 10.8 Å². The third-order valence-electron chi connectivity index (χ3n) is 2.92. The predicted molar refractivity (Wildman–Crippen MR) is 75.4 cm³/mol. The van der Waals surface area contributed by atoms with E-state index in [1.807, 2.05) is 0 Å². The van der Waals surface area contributed by atoms with Crippen molar-refractivity contribution in [3.8, 4) is 0 Å². The van der Waals surface area contributed by atoms with Crippen molar-refractivity contribution in [2.75, 3.05) is 5.32 Å². The Bertz CT molecular complexity index is 674. The monoisotopic (exact) mass is 288 g/mol. The first-order valence-corrected chi connectivity index (χ1v) is 6.13. The topological polar surface area (TPSA) is 92.4 Å². The maximum absolute atomic E-state index is 13.7. The standard InChI is InChI=1S/C15H13FN2O3/c16-11-8-10(15(20)21)6-7-12(11)18-14(19)13(17)9-4-2-1-3-5-9/h1-8,13H,17H2,(H,18,19)(H,20,21). The average molecular weight is 288 g/mol. The Kier molecular flexibility index (Phi) is 4.30. The lowest BCUT2D eigenvalue weighted by atomic mass is 10.1. The highest BCUT2D eigenvalue weighted by molar-refractivity contribution is 5.96. The molecule has 0 aliphatic rings. The molecule has 2 aromatic rings. The van der Waals surface area contributed by atoms with Crippen LogP contribution in [0.3, 0.4) is 0 Å². The lowest BCUT2D eigenvalue weighted by Crippen LogP contribution is -2.28. The molecule has 4 N–H and O–H groups in total. The van der Waals surface area contributed by atoms with E-state index in [-0.39, 0.29) is 11.3 Å². The zero-order chi connectivity index (χ0) is 15.4. The fraction of sp³-hybridized carbons (Fsp3) is 0.0667. The molecule has 1 atom stereocenters. The minimum absolute atomic E-state index is 0.114. The minimum Gasteiger partial charge on any atom is -0.478 e. The summed E-state index contributed by atoms with van der Waals surface area (Å²) in [6.45, 7) is 0. The summed E-state index contributed by atoms with van der Waals surface area (Å²) in [5, 5.41) is 11.1. The van der Waals surface area contributed by atoms with Crippen LogP contribution < -0.4 is 11.1 Å². The van der Waals surface area contributed by atoms with E-state index in [1.165, 1.54) is 12.1 Å². The molecule has 0 aliphatic carbocycles. The molecule has 0 spiro atoms. The molecule has 0 aromatic heterocycles. The lowest BCUT2D eigenvalue weighted by Gasteiger charge is -2.13. The fourth-order valence-corrected chi connectivity index (χ4v) is 1.77. The van der Waals surface area contributed by atoms with Gasteiger partial charge in [0.15, 0.2) is 0 Å². The van der Waals surface area contributed by atoms with Crippen LogP contribution in [-0.4, -0.2) is 17.0 Å². The van der Waals surface area contributed by atoms with Crippen molar-refractivity contribution in [2.24, 2.45) is 5.73 Å². The molecule has 0 fully saturated rings. The quantitative estimate of drug-likeness (QED) is 0.803. The van der Waals surface area contributed by atoms with Crippen molar-refractivity contribution in [3.05, 3.63) is 65.5 Å². The Labute approximate surface area is 120 Å². The van der Waals surface area contributed by atoms with Gasteiger partial charge in [-0.25, -0.2) is 9.18 Å². The Morgan fingerprint density at radius 3 is 2.38 bits per heavy atom. The molecular weight excluding hydrogens is 275 g/mol. The molecule has 0 saturated heterocycles. The average Bonchev–Trinajstić information content (AvgIpc) is 2.49. The first-order chi connectivity index (χ1) is 9.99. The third-order valence-corrected chi connectivity index (χ3v) is 2.92. The zero-order valence-electron chi connectivity index (χ0n) is 10.9. The van der Waals surface area contributed by atoms with Gasteiger partial charge in [-0.2, -0.15) is 0 Å². The number of hydrogen-bond acceptors (Lipinski definition) is 3. The van der Waals surface area contributed by atoms with Gasteiger partial charge in [0, 0.05) is 0 Å². The normalized spacial score (nSPS) is 11.7. The molecule has 2 rings (SSSR count). The highest BCUT2D eigenvalue weighted by Crippen LogP contribution is 2.18. The van der Waals surface area contributed by atoms with Gasteiger partial charge in [-0.15, -0.1) is 0 Å². The molecule has 0 bridgehead atoms. The van der Waals surface area contributed by atoms with Crippen LogP contribution in [0.4, 0.5) is 10.1 Å². The molecule has 1 amide bonds. The molecule has 1 unspecified atom stereocenters. The maximum Gasteiger partial charge on any atom is 0.335 e. The van der Waals surface area contributed by atoms with E-state index >= 15 is 0 Å². The third kappa shape index (κ3) is 3.43. The van der Waals surface area contributed by atoms with Gasteiger partial charge in [0.25, 0.3) is 0 Å². The molecule has 21 heavy (non-hydrogen) atoms. The summed E-state index contributed by atoms with van der Waals surface area (Å²) in [6, 6.07) is 10.9. The molecule has 0 radical (unpaired) electrons. The van der Waals surface area contributed by atoms with E-state index in [2.05, 4.69) is 5.32 Å². The number of carboxylic acids is 1. The lowest BCUT2D eigenvalue weighted by molar-refractivity contribution is -0.117. The second-order valence-electron chi connectivity index (χ2n) is 4.38. The van der Waals surface area contributed by atoms with Crippen LogP contribution in [0.2, 0.25) is 0 Å². The second-order valence-corrected chi connectivity index (χ2v) is 4.38. The number of carbonyl (C=O) groups excluding carboxylic acids is 1. The molecule has 108 valence electrons. The number of anilines is 1. The van der Waals surface area contributed by atoms with Gasteiger partial charge in [-0.1, -0.05) is 30.3 Å². The van der Waals surface area contributed by atoms with Crippen LogP contribution in [-0.2, 0) is 4.79 Å². The highest BCUT2D eigenvalue weighted by Gasteiger charge is 2.17. The Morgan fingerprint density at radius 2 is 1.81 bits per heavy atom. The molecule has 0 heterocycles. The summed E-state index contributed by atoms with van der Waals surface area (Å²) in [5.41, 5.74) is 6.07. The summed E-state index contributed by atoms with van der Waals surface area (Å²) < 4.78 is 13.7. The van der Waals surface area contributed by atoms with E-state index in [1.54, 1.807) is 30.3 Å². The number of halogens is 1. The van der Waals surface area contributed by atoms with Crippen LogP contribution in [0.1, 0.15) is 22.0 Å². The zero-order valence-corrected chi connectivity index (χ0v) is 10.9. The number of hydrogen-bond donors (Lipinski definition) is 3.